The fraction of sp³-hybridized carbons (Fsp3) is 0. The van der Waals surface area contributed by atoms with Gasteiger partial charge in [-0.1, -0.05) is 11.6 Å². The first kappa shape index (κ1) is 10.6. The molecule has 2 N–H and O–H groups in total. The van der Waals surface area contributed by atoms with Crippen molar-refractivity contribution in [2.24, 2.45) is 0 Å². The number of hydrogen-bond acceptors (Lipinski definition) is 2. The Labute approximate surface area is 71.6 Å². The summed E-state index contributed by atoms with van der Waals surface area (Å²) in [5.41, 5.74) is 0. The molecule has 4 nitrogen and oxygen atoms in total. The van der Waals surface area contributed by atoms with Gasteiger partial charge in [0.05, 0.1) is 6.08 Å². The SMILES string of the molecule is O=C(O)/C=C(F)/C=C(\Cl)C(=O)O. The predicted octanol–water partition coefficient (Wildman–Crippen LogP) is 1.13. The number of rotatable bonds is 3. The topological polar surface area (TPSA) is 74.6 Å². The number of carboxylic acids is 2. The lowest BCUT2D eigenvalue weighted by molar-refractivity contribution is -0.132. The van der Waals surface area contributed by atoms with Crippen LogP contribution in [-0.2, 0) is 9.59 Å². The summed E-state index contributed by atoms with van der Waals surface area (Å²) in [5.74, 6) is -4.26. The number of carboxylic acid groups (broad SMARTS) is 2. The molecule has 0 saturated carbocycles. The normalized spacial score (nSPS) is 12.8. The fourth-order valence-electron chi connectivity index (χ4n) is 0.342. The molecule has 0 heterocycles. The van der Waals surface area contributed by atoms with E-state index in [4.69, 9.17) is 21.8 Å². The molecule has 0 atom stereocenters. The van der Waals surface area contributed by atoms with E-state index in [1.165, 1.54) is 0 Å². The lowest BCUT2D eigenvalue weighted by atomic mass is 10.4. The van der Waals surface area contributed by atoms with Crippen LogP contribution in [0.2, 0.25) is 0 Å². The summed E-state index contributed by atoms with van der Waals surface area (Å²) in [6.07, 6.45) is 0.601. The van der Waals surface area contributed by atoms with Crippen molar-refractivity contribution in [3.8, 4) is 0 Å². The van der Waals surface area contributed by atoms with Crippen molar-refractivity contribution < 1.29 is 24.2 Å². The molecule has 0 aliphatic carbocycles. The molecule has 66 valence electrons. The minimum Gasteiger partial charge on any atom is -0.478 e. The Balaban J connectivity index is 4.54. The average Bonchev–Trinajstić information content (AvgIpc) is 1.84. The highest BCUT2D eigenvalue weighted by molar-refractivity contribution is 6.41. The van der Waals surface area contributed by atoms with Crippen LogP contribution in [0.3, 0.4) is 0 Å². The van der Waals surface area contributed by atoms with Gasteiger partial charge in [-0.2, -0.15) is 0 Å². The van der Waals surface area contributed by atoms with Crippen molar-refractivity contribution in [1.82, 2.24) is 0 Å². The summed E-state index contributed by atoms with van der Waals surface area (Å²) in [5, 5.41) is 15.3. The number of carbonyl (C=O) groups is 2. The summed E-state index contributed by atoms with van der Waals surface area (Å²) in [4.78, 5) is 19.8. The second-order valence-corrected chi connectivity index (χ2v) is 2.07. The molecule has 0 unspecified atom stereocenters. The van der Waals surface area contributed by atoms with Gasteiger partial charge in [0, 0.05) is 6.08 Å². The summed E-state index contributed by atoms with van der Waals surface area (Å²) in [7, 11) is 0. The molecule has 0 rings (SSSR count). The van der Waals surface area contributed by atoms with Gasteiger partial charge in [0.25, 0.3) is 0 Å². The highest BCUT2D eigenvalue weighted by Crippen LogP contribution is 2.07. The lowest BCUT2D eigenvalue weighted by Crippen LogP contribution is -1.94. The number of hydrogen-bond donors (Lipinski definition) is 2. The molecule has 0 aliphatic rings. The van der Waals surface area contributed by atoms with Gasteiger partial charge < -0.3 is 10.2 Å². The van der Waals surface area contributed by atoms with E-state index >= 15 is 0 Å². The lowest BCUT2D eigenvalue weighted by Gasteiger charge is -1.87. The van der Waals surface area contributed by atoms with Crippen LogP contribution < -0.4 is 0 Å². The largest absolute Gasteiger partial charge is 0.478 e. The van der Waals surface area contributed by atoms with Crippen LogP contribution in [0.15, 0.2) is 23.0 Å². The van der Waals surface area contributed by atoms with Crippen molar-refractivity contribution >= 4 is 23.5 Å². The molecule has 6 heteroatoms. The van der Waals surface area contributed by atoms with E-state index in [0.29, 0.717) is 6.08 Å². The Morgan fingerprint density at radius 3 is 2.08 bits per heavy atom. The maximum atomic E-state index is 12.3. The first-order chi connectivity index (χ1) is 5.43. The highest BCUT2D eigenvalue weighted by Gasteiger charge is 2.04. The predicted molar refractivity (Wildman–Crippen MR) is 38.4 cm³/mol. The van der Waals surface area contributed by atoms with Crippen LogP contribution in [-0.4, -0.2) is 22.2 Å². The Kier molecular flexibility index (Phi) is 3.99. The van der Waals surface area contributed by atoms with Crippen molar-refractivity contribution in [3.63, 3.8) is 0 Å². The second kappa shape index (κ2) is 4.50. The van der Waals surface area contributed by atoms with Crippen LogP contribution in [0.4, 0.5) is 4.39 Å². The Bertz CT molecular complexity index is 269. The number of halogens is 2. The van der Waals surface area contributed by atoms with E-state index < -0.39 is 22.8 Å². The van der Waals surface area contributed by atoms with Crippen molar-refractivity contribution in [2.45, 2.75) is 0 Å². The van der Waals surface area contributed by atoms with Crippen LogP contribution in [0.5, 0.6) is 0 Å². The van der Waals surface area contributed by atoms with Gasteiger partial charge in [0.1, 0.15) is 10.9 Å². The zero-order valence-electron chi connectivity index (χ0n) is 5.62. The monoisotopic (exact) mass is 194 g/mol. The van der Waals surface area contributed by atoms with Gasteiger partial charge in [0.2, 0.25) is 0 Å². The van der Waals surface area contributed by atoms with Crippen LogP contribution in [0, 0.1) is 0 Å². The molecule has 0 fully saturated rings. The summed E-state index contributed by atoms with van der Waals surface area (Å²) in [6, 6.07) is 0. The molecule has 0 spiro atoms. The standard InChI is InChI=1S/C6H4ClFO4/c7-4(6(11)12)1-3(8)2-5(9)10/h1-2H,(H,9,10)(H,11,12)/b3-2-,4-1-. The average molecular weight is 195 g/mol. The molecule has 0 aliphatic heterocycles. The Morgan fingerprint density at radius 2 is 1.75 bits per heavy atom. The quantitative estimate of drug-likeness (QED) is 0.522. The van der Waals surface area contributed by atoms with Crippen LogP contribution in [0.1, 0.15) is 0 Å². The molecule has 0 bridgehead atoms. The third-order valence-corrected chi connectivity index (χ3v) is 1.00. The van der Waals surface area contributed by atoms with Crippen molar-refractivity contribution in [3.05, 3.63) is 23.0 Å². The molecule has 0 aromatic rings. The second-order valence-electron chi connectivity index (χ2n) is 1.66. The minimum atomic E-state index is -1.52. The smallest absolute Gasteiger partial charge is 0.347 e. The van der Waals surface area contributed by atoms with Gasteiger partial charge in [-0.3, -0.25) is 0 Å². The number of aliphatic carboxylic acids is 2. The Hall–Kier alpha value is -1.36. The molecule has 0 aromatic carbocycles. The van der Waals surface area contributed by atoms with E-state index in [1.807, 2.05) is 0 Å². The minimum absolute atomic E-state index is 0.200. The molecule has 0 amide bonds. The van der Waals surface area contributed by atoms with Crippen LogP contribution >= 0.6 is 11.6 Å². The zero-order chi connectivity index (χ0) is 9.72. The third-order valence-electron chi connectivity index (χ3n) is 0.730. The van der Waals surface area contributed by atoms with Crippen molar-refractivity contribution in [2.75, 3.05) is 0 Å². The fourth-order valence-corrected chi connectivity index (χ4v) is 0.447. The van der Waals surface area contributed by atoms with Gasteiger partial charge in [-0.05, 0) is 0 Å². The van der Waals surface area contributed by atoms with E-state index in [9.17, 15) is 14.0 Å². The van der Waals surface area contributed by atoms with E-state index in [0.717, 1.165) is 0 Å². The maximum absolute atomic E-state index is 12.3. The summed E-state index contributed by atoms with van der Waals surface area (Å²) >= 11 is 4.98. The Morgan fingerprint density at radius 1 is 1.25 bits per heavy atom. The molecule has 0 radical (unpaired) electrons. The maximum Gasteiger partial charge on any atom is 0.347 e. The summed E-state index contributed by atoms with van der Waals surface area (Å²) in [6.45, 7) is 0. The van der Waals surface area contributed by atoms with Gasteiger partial charge in [-0.25, -0.2) is 14.0 Å². The molecule has 0 aromatic heterocycles. The first-order valence-electron chi connectivity index (χ1n) is 2.64. The van der Waals surface area contributed by atoms with Gasteiger partial charge in [0.15, 0.2) is 0 Å². The molecular weight excluding hydrogens is 191 g/mol. The number of allylic oxidation sites excluding steroid dienone is 2. The molecule has 12 heavy (non-hydrogen) atoms. The highest BCUT2D eigenvalue weighted by atomic mass is 35.5. The van der Waals surface area contributed by atoms with E-state index in [2.05, 4.69) is 0 Å². The van der Waals surface area contributed by atoms with Crippen molar-refractivity contribution in [1.29, 1.82) is 0 Å². The first-order valence-corrected chi connectivity index (χ1v) is 3.02. The van der Waals surface area contributed by atoms with E-state index in [1.54, 1.807) is 0 Å². The molecule has 0 saturated heterocycles. The zero-order valence-corrected chi connectivity index (χ0v) is 6.38. The summed E-state index contributed by atoms with van der Waals surface area (Å²) < 4.78 is 12.3. The van der Waals surface area contributed by atoms with Gasteiger partial charge in [-0.15, -0.1) is 0 Å². The van der Waals surface area contributed by atoms with Gasteiger partial charge >= 0.3 is 11.9 Å². The van der Waals surface area contributed by atoms with Crippen LogP contribution in [0.25, 0.3) is 0 Å². The third kappa shape index (κ3) is 4.45. The van der Waals surface area contributed by atoms with E-state index in [-0.39, 0.29) is 6.08 Å². The molecular formula is C6H4ClFO4.